The van der Waals surface area contributed by atoms with Crippen LogP contribution >= 0.6 is 0 Å². The average Bonchev–Trinajstić information content (AvgIpc) is 2.85. The minimum absolute atomic E-state index is 0.283. The lowest BCUT2D eigenvalue weighted by molar-refractivity contribution is 0.102. The van der Waals surface area contributed by atoms with Crippen LogP contribution in [0, 0.1) is 5.92 Å². The van der Waals surface area contributed by atoms with E-state index in [1.807, 2.05) is 24.3 Å². The molecule has 32 heavy (non-hydrogen) atoms. The van der Waals surface area contributed by atoms with Crippen LogP contribution in [0.15, 0.2) is 79.1 Å². The zero-order valence-corrected chi connectivity index (χ0v) is 17.8. The van der Waals surface area contributed by atoms with Gasteiger partial charge >= 0.3 is 0 Å². The number of carbonyl (C=O) groups is 1. The first-order valence-corrected chi connectivity index (χ1v) is 11.0. The molecule has 5 rings (SSSR count). The van der Waals surface area contributed by atoms with E-state index >= 15 is 0 Å². The molecule has 160 valence electrons. The van der Waals surface area contributed by atoms with Gasteiger partial charge in [-0.25, -0.2) is 0 Å². The number of fused-ring (bicyclic) bond motifs is 1. The summed E-state index contributed by atoms with van der Waals surface area (Å²) in [5, 5.41) is 13.5. The topological polar surface area (TPSA) is 71.0 Å². The largest absolute Gasteiger partial charge is 0.355 e. The van der Waals surface area contributed by atoms with E-state index in [2.05, 4.69) is 55.7 Å². The molecule has 2 aromatic carbocycles. The summed E-state index contributed by atoms with van der Waals surface area (Å²) in [6, 6.07) is 22.2. The van der Waals surface area contributed by atoms with Crippen molar-refractivity contribution in [2.45, 2.75) is 19.3 Å². The van der Waals surface area contributed by atoms with E-state index in [1.165, 1.54) is 5.56 Å². The maximum Gasteiger partial charge on any atom is 0.276 e. The normalized spacial score (nSPS) is 14.4. The first kappa shape index (κ1) is 20.1. The summed E-state index contributed by atoms with van der Waals surface area (Å²) in [7, 11) is 0. The molecule has 6 heteroatoms. The molecule has 0 atom stereocenters. The van der Waals surface area contributed by atoms with Crippen molar-refractivity contribution in [3.8, 4) is 0 Å². The van der Waals surface area contributed by atoms with Gasteiger partial charge in [-0.2, -0.15) is 0 Å². The lowest BCUT2D eigenvalue weighted by Crippen LogP contribution is -2.35. The third kappa shape index (κ3) is 4.30. The first-order valence-electron chi connectivity index (χ1n) is 11.0. The Labute approximate surface area is 187 Å². The zero-order chi connectivity index (χ0) is 21.8. The third-order valence-electron chi connectivity index (χ3n) is 6.08. The Morgan fingerprint density at radius 2 is 1.66 bits per heavy atom. The summed E-state index contributed by atoms with van der Waals surface area (Å²) in [6.45, 7) is 1.88. The zero-order valence-electron chi connectivity index (χ0n) is 17.8. The summed E-state index contributed by atoms with van der Waals surface area (Å²) in [4.78, 5) is 19.2. The van der Waals surface area contributed by atoms with Crippen molar-refractivity contribution in [3.63, 3.8) is 0 Å². The molecule has 0 saturated carbocycles. The van der Waals surface area contributed by atoms with E-state index in [-0.39, 0.29) is 5.91 Å². The van der Waals surface area contributed by atoms with Gasteiger partial charge in [0, 0.05) is 30.1 Å². The molecule has 3 heterocycles. The summed E-state index contributed by atoms with van der Waals surface area (Å²) < 4.78 is 0. The SMILES string of the molecule is O=C(Nc1cccnc1)c1nnc(N2CCC(Cc3ccccc3)CC2)c2ccccc12. The number of benzene rings is 2. The lowest BCUT2D eigenvalue weighted by atomic mass is 9.90. The Hall–Kier alpha value is -3.80. The number of carbonyl (C=O) groups excluding carboxylic acids is 1. The third-order valence-corrected chi connectivity index (χ3v) is 6.08. The maximum absolute atomic E-state index is 12.9. The fourth-order valence-corrected chi connectivity index (χ4v) is 4.41. The number of nitrogens with zero attached hydrogens (tertiary/aromatic N) is 4. The van der Waals surface area contributed by atoms with Crippen LogP contribution in [0.3, 0.4) is 0 Å². The molecular formula is C26H25N5O. The number of anilines is 2. The molecule has 1 saturated heterocycles. The smallest absolute Gasteiger partial charge is 0.276 e. The van der Waals surface area contributed by atoms with Crippen molar-refractivity contribution in [1.29, 1.82) is 0 Å². The molecule has 0 spiro atoms. The Morgan fingerprint density at radius 3 is 2.41 bits per heavy atom. The van der Waals surface area contributed by atoms with Gasteiger partial charge in [0.15, 0.2) is 11.5 Å². The molecule has 1 amide bonds. The van der Waals surface area contributed by atoms with Crippen LogP contribution in [0.25, 0.3) is 10.8 Å². The molecule has 0 unspecified atom stereocenters. The summed E-state index contributed by atoms with van der Waals surface area (Å²) in [6.07, 6.45) is 6.64. The number of hydrogen-bond acceptors (Lipinski definition) is 5. The molecule has 2 aromatic heterocycles. The van der Waals surface area contributed by atoms with E-state index in [0.29, 0.717) is 17.3 Å². The molecule has 1 aliphatic rings. The van der Waals surface area contributed by atoms with Gasteiger partial charge in [-0.3, -0.25) is 9.78 Å². The molecule has 0 bridgehead atoms. The Morgan fingerprint density at radius 1 is 0.906 bits per heavy atom. The van der Waals surface area contributed by atoms with Crippen molar-refractivity contribution in [2.24, 2.45) is 5.92 Å². The monoisotopic (exact) mass is 423 g/mol. The van der Waals surface area contributed by atoms with Crippen molar-refractivity contribution >= 4 is 28.2 Å². The van der Waals surface area contributed by atoms with Gasteiger partial charge < -0.3 is 10.2 Å². The highest BCUT2D eigenvalue weighted by molar-refractivity contribution is 6.12. The average molecular weight is 424 g/mol. The van der Waals surface area contributed by atoms with Gasteiger partial charge in [0.25, 0.3) is 5.91 Å². The Balaban J connectivity index is 1.34. The van der Waals surface area contributed by atoms with E-state index in [1.54, 1.807) is 24.5 Å². The van der Waals surface area contributed by atoms with Gasteiger partial charge in [-0.05, 0) is 42.9 Å². The first-order chi connectivity index (χ1) is 15.8. The fourth-order valence-electron chi connectivity index (χ4n) is 4.41. The van der Waals surface area contributed by atoms with E-state index in [0.717, 1.165) is 48.9 Å². The van der Waals surface area contributed by atoms with Crippen molar-refractivity contribution in [1.82, 2.24) is 15.2 Å². The van der Waals surface area contributed by atoms with Crippen molar-refractivity contribution in [3.05, 3.63) is 90.4 Å². The van der Waals surface area contributed by atoms with Gasteiger partial charge in [-0.1, -0.05) is 54.6 Å². The Bertz CT molecular complexity index is 1200. The minimum atomic E-state index is -0.283. The summed E-state index contributed by atoms with van der Waals surface area (Å²) >= 11 is 0. The van der Waals surface area contributed by atoms with Gasteiger partial charge in [0.2, 0.25) is 0 Å². The number of amides is 1. The standard InChI is InChI=1S/C26H25N5O/c32-26(28-21-9-6-14-27-18-21)24-22-10-4-5-11-23(22)25(30-29-24)31-15-12-20(13-16-31)17-19-7-2-1-3-8-19/h1-11,14,18,20H,12-13,15-17H2,(H,28,32). The molecule has 1 fully saturated rings. The van der Waals surface area contributed by atoms with Crippen LogP contribution in [0.4, 0.5) is 11.5 Å². The van der Waals surface area contributed by atoms with E-state index in [9.17, 15) is 4.79 Å². The molecule has 6 nitrogen and oxygen atoms in total. The van der Waals surface area contributed by atoms with Crippen LogP contribution in [-0.2, 0) is 6.42 Å². The van der Waals surface area contributed by atoms with Crippen molar-refractivity contribution in [2.75, 3.05) is 23.3 Å². The second-order valence-electron chi connectivity index (χ2n) is 8.23. The molecule has 0 aliphatic carbocycles. The minimum Gasteiger partial charge on any atom is -0.355 e. The van der Waals surface area contributed by atoms with Crippen LogP contribution in [0.5, 0.6) is 0 Å². The van der Waals surface area contributed by atoms with Crippen LogP contribution in [0.2, 0.25) is 0 Å². The number of piperidine rings is 1. The molecule has 1 N–H and O–H groups in total. The molecule has 1 aliphatic heterocycles. The number of rotatable bonds is 5. The predicted octanol–water partition coefficient (Wildman–Crippen LogP) is 4.74. The summed E-state index contributed by atoms with van der Waals surface area (Å²) in [5.74, 6) is 1.25. The van der Waals surface area contributed by atoms with Gasteiger partial charge in [-0.15, -0.1) is 10.2 Å². The molecular weight excluding hydrogens is 398 g/mol. The number of pyridine rings is 1. The molecule has 0 radical (unpaired) electrons. The van der Waals surface area contributed by atoms with Crippen LogP contribution in [-0.4, -0.2) is 34.2 Å². The highest BCUT2D eigenvalue weighted by Gasteiger charge is 2.24. The van der Waals surface area contributed by atoms with Crippen LogP contribution in [0.1, 0.15) is 28.9 Å². The number of aromatic nitrogens is 3. The van der Waals surface area contributed by atoms with Gasteiger partial charge in [0.05, 0.1) is 11.9 Å². The number of nitrogens with one attached hydrogen (secondary N) is 1. The van der Waals surface area contributed by atoms with Gasteiger partial charge in [0.1, 0.15) is 0 Å². The Kier molecular flexibility index (Phi) is 5.75. The lowest BCUT2D eigenvalue weighted by Gasteiger charge is -2.33. The van der Waals surface area contributed by atoms with E-state index < -0.39 is 0 Å². The second-order valence-corrected chi connectivity index (χ2v) is 8.23. The summed E-state index contributed by atoms with van der Waals surface area (Å²) in [5.41, 5.74) is 2.36. The van der Waals surface area contributed by atoms with Crippen molar-refractivity contribution < 1.29 is 4.79 Å². The second kappa shape index (κ2) is 9.14. The molecule has 4 aromatic rings. The number of hydrogen-bond donors (Lipinski definition) is 1. The predicted molar refractivity (Wildman–Crippen MR) is 127 cm³/mol. The quantitative estimate of drug-likeness (QED) is 0.502. The van der Waals surface area contributed by atoms with E-state index in [4.69, 9.17) is 0 Å². The highest BCUT2D eigenvalue weighted by Crippen LogP contribution is 2.30. The fraction of sp³-hybridized carbons (Fsp3) is 0.231. The highest BCUT2D eigenvalue weighted by atomic mass is 16.1. The maximum atomic E-state index is 12.9. The van der Waals surface area contributed by atoms with Crippen LogP contribution < -0.4 is 10.2 Å².